The van der Waals surface area contributed by atoms with E-state index < -0.39 is 0 Å². The standard InChI is InChI=1S/C16H31N/c1-5-6-7-8-9-10-11-16-12-15(4)17(13-16)14(2)3/h14,16H,4-13H2,1-3H3. The molecule has 1 aliphatic rings. The number of rotatable bonds is 8. The average molecular weight is 237 g/mol. The Hall–Kier alpha value is -0.460. The van der Waals surface area contributed by atoms with Crippen molar-refractivity contribution in [3.8, 4) is 0 Å². The molecule has 0 aromatic rings. The normalized spacial score (nSPS) is 20.6. The topological polar surface area (TPSA) is 3.24 Å². The lowest BCUT2D eigenvalue weighted by molar-refractivity contribution is 0.298. The van der Waals surface area contributed by atoms with Crippen LogP contribution >= 0.6 is 0 Å². The molecule has 100 valence electrons. The molecule has 1 unspecified atom stereocenters. The van der Waals surface area contributed by atoms with Crippen molar-refractivity contribution in [1.82, 2.24) is 4.90 Å². The molecule has 1 aliphatic heterocycles. The van der Waals surface area contributed by atoms with Crippen LogP contribution in [0.25, 0.3) is 0 Å². The van der Waals surface area contributed by atoms with Crippen LogP contribution in [0.1, 0.15) is 72.1 Å². The van der Waals surface area contributed by atoms with Gasteiger partial charge in [0.05, 0.1) is 0 Å². The fourth-order valence-corrected chi connectivity index (χ4v) is 2.90. The van der Waals surface area contributed by atoms with Crippen molar-refractivity contribution < 1.29 is 0 Å². The van der Waals surface area contributed by atoms with E-state index >= 15 is 0 Å². The van der Waals surface area contributed by atoms with E-state index in [1.165, 1.54) is 63.6 Å². The third-order valence-corrected chi connectivity index (χ3v) is 3.97. The van der Waals surface area contributed by atoms with Crippen LogP contribution in [-0.4, -0.2) is 17.5 Å². The van der Waals surface area contributed by atoms with Crippen LogP contribution < -0.4 is 0 Å². The number of allylic oxidation sites excluding steroid dienone is 1. The average Bonchev–Trinajstić information content (AvgIpc) is 2.65. The van der Waals surface area contributed by atoms with Crippen LogP contribution in [0.15, 0.2) is 12.3 Å². The minimum Gasteiger partial charge on any atom is -0.373 e. The molecule has 1 fully saturated rings. The minimum atomic E-state index is 0.636. The van der Waals surface area contributed by atoms with Crippen molar-refractivity contribution in [2.75, 3.05) is 6.54 Å². The molecule has 0 N–H and O–H groups in total. The van der Waals surface area contributed by atoms with Gasteiger partial charge in [-0.3, -0.25) is 0 Å². The fraction of sp³-hybridized carbons (Fsp3) is 0.875. The van der Waals surface area contributed by atoms with Gasteiger partial charge < -0.3 is 4.90 Å². The van der Waals surface area contributed by atoms with Crippen LogP contribution in [-0.2, 0) is 0 Å². The third-order valence-electron chi connectivity index (χ3n) is 3.97. The lowest BCUT2D eigenvalue weighted by Crippen LogP contribution is -2.26. The van der Waals surface area contributed by atoms with Crippen LogP contribution in [0.3, 0.4) is 0 Å². The predicted octanol–water partition coefficient (Wildman–Crippen LogP) is 4.98. The summed E-state index contributed by atoms with van der Waals surface area (Å²) in [6.07, 6.45) is 11.2. The summed E-state index contributed by atoms with van der Waals surface area (Å²) in [6.45, 7) is 12.3. The highest BCUT2D eigenvalue weighted by Crippen LogP contribution is 2.30. The van der Waals surface area contributed by atoms with E-state index in [9.17, 15) is 0 Å². The summed E-state index contributed by atoms with van der Waals surface area (Å²) < 4.78 is 0. The maximum absolute atomic E-state index is 4.20. The van der Waals surface area contributed by atoms with E-state index in [0.29, 0.717) is 6.04 Å². The molecule has 0 spiro atoms. The summed E-state index contributed by atoms with van der Waals surface area (Å²) in [5, 5.41) is 0. The summed E-state index contributed by atoms with van der Waals surface area (Å²) in [7, 11) is 0. The van der Waals surface area contributed by atoms with E-state index in [2.05, 4.69) is 32.3 Å². The molecule has 1 saturated heterocycles. The highest BCUT2D eigenvalue weighted by atomic mass is 15.2. The Morgan fingerprint density at radius 3 is 2.41 bits per heavy atom. The number of likely N-dealkylation sites (tertiary alicyclic amines) is 1. The highest BCUT2D eigenvalue weighted by Gasteiger charge is 2.25. The number of hydrogen-bond acceptors (Lipinski definition) is 1. The van der Waals surface area contributed by atoms with Crippen molar-refractivity contribution in [1.29, 1.82) is 0 Å². The van der Waals surface area contributed by atoms with Crippen LogP contribution in [0.5, 0.6) is 0 Å². The van der Waals surface area contributed by atoms with Crippen molar-refractivity contribution >= 4 is 0 Å². The first kappa shape index (κ1) is 14.6. The first-order chi connectivity index (χ1) is 8.15. The second-order valence-electron chi connectivity index (χ2n) is 5.94. The van der Waals surface area contributed by atoms with Crippen LogP contribution in [0.4, 0.5) is 0 Å². The van der Waals surface area contributed by atoms with E-state index in [4.69, 9.17) is 0 Å². The van der Waals surface area contributed by atoms with Gasteiger partial charge in [-0.05, 0) is 32.6 Å². The molecule has 0 aliphatic carbocycles. The highest BCUT2D eigenvalue weighted by molar-refractivity contribution is 5.04. The van der Waals surface area contributed by atoms with Gasteiger partial charge in [0.15, 0.2) is 0 Å². The van der Waals surface area contributed by atoms with Gasteiger partial charge >= 0.3 is 0 Å². The molecule has 0 radical (unpaired) electrons. The monoisotopic (exact) mass is 237 g/mol. The second-order valence-corrected chi connectivity index (χ2v) is 5.94. The summed E-state index contributed by atoms with van der Waals surface area (Å²) >= 11 is 0. The minimum absolute atomic E-state index is 0.636. The van der Waals surface area contributed by atoms with Crippen LogP contribution in [0.2, 0.25) is 0 Å². The third kappa shape index (κ3) is 5.14. The molecular formula is C16H31N. The zero-order chi connectivity index (χ0) is 12.7. The first-order valence-corrected chi connectivity index (χ1v) is 7.59. The van der Waals surface area contributed by atoms with Crippen molar-refractivity contribution in [3.63, 3.8) is 0 Å². The molecule has 1 heterocycles. The Morgan fingerprint density at radius 1 is 1.18 bits per heavy atom. The molecule has 0 saturated carbocycles. The fourth-order valence-electron chi connectivity index (χ4n) is 2.90. The Labute approximate surface area is 108 Å². The van der Waals surface area contributed by atoms with E-state index in [-0.39, 0.29) is 0 Å². The molecule has 1 nitrogen and oxygen atoms in total. The molecule has 1 heteroatoms. The summed E-state index contributed by atoms with van der Waals surface area (Å²) in [5.41, 5.74) is 1.37. The second kappa shape index (κ2) is 7.79. The van der Waals surface area contributed by atoms with Gasteiger partial charge in [0, 0.05) is 18.3 Å². The first-order valence-electron chi connectivity index (χ1n) is 7.59. The van der Waals surface area contributed by atoms with Gasteiger partial charge in [0.2, 0.25) is 0 Å². The lowest BCUT2D eigenvalue weighted by Gasteiger charge is -2.24. The molecule has 1 atom stereocenters. The lowest BCUT2D eigenvalue weighted by atomic mass is 9.99. The number of hydrogen-bond donors (Lipinski definition) is 0. The summed E-state index contributed by atoms with van der Waals surface area (Å²) in [6, 6.07) is 0.636. The Morgan fingerprint density at radius 2 is 1.82 bits per heavy atom. The Balaban J connectivity index is 2.07. The summed E-state index contributed by atoms with van der Waals surface area (Å²) in [4.78, 5) is 2.49. The van der Waals surface area contributed by atoms with E-state index in [1.54, 1.807) is 0 Å². The van der Waals surface area contributed by atoms with Gasteiger partial charge in [-0.25, -0.2) is 0 Å². The molecule has 17 heavy (non-hydrogen) atoms. The maximum atomic E-state index is 4.20. The maximum Gasteiger partial charge on any atom is 0.0230 e. The molecular weight excluding hydrogens is 206 g/mol. The molecule has 0 amide bonds. The van der Waals surface area contributed by atoms with E-state index in [0.717, 1.165) is 5.92 Å². The smallest absolute Gasteiger partial charge is 0.0230 e. The number of unbranched alkanes of at least 4 members (excludes halogenated alkanes) is 5. The molecule has 0 aromatic heterocycles. The molecule has 0 bridgehead atoms. The van der Waals surface area contributed by atoms with Crippen LogP contribution in [0, 0.1) is 5.92 Å². The number of nitrogens with zero attached hydrogens (tertiary/aromatic N) is 1. The predicted molar refractivity (Wildman–Crippen MR) is 77.1 cm³/mol. The zero-order valence-corrected chi connectivity index (χ0v) is 12.2. The van der Waals surface area contributed by atoms with E-state index in [1.807, 2.05) is 0 Å². The SMILES string of the molecule is C=C1CC(CCCCCCCC)CN1C(C)C. The van der Waals surface area contributed by atoms with Crippen molar-refractivity contribution in [2.45, 2.75) is 78.2 Å². The summed E-state index contributed by atoms with van der Waals surface area (Å²) in [5.74, 6) is 0.885. The van der Waals surface area contributed by atoms with Gasteiger partial charge in [-0.2, -0.15) is 0 Å². The molecule has 1 rings (SSSR count). The largest absolute Gasteiger partial charge is 0.373 e. The Kier molecular flexibility index (Phi) is 6.69. The quantitative estimate of drug-likeness (QED) is 0.538. The zero-order valence-electron chi connectivity index (χ0n) is 12.2. The van der Waals surface area contributed by atoms with Crippen molar-refractivity contribution in [2.24, 2.45) is 5.92 Å². The van der Waals surface area contributed by atoms with Gasteiger partial charge in [-0.15, -0.1) is 0 Å². The molecule has 0 aromatic carbocycles. The van der Waals surface area contributed by atoms with Crippen molar-refractivity contribution in [3.05, 3.63) is 12.3 Å². The van der Waals surface area contributed by atoms with Gasteiger partial charge in [-0.1, -0.05) is 52.0 Å². The van der Waals surface area contributed by atoms with Gasteiger partial charge in [0.1, 0.15) is 0 Å². The van der Waals surface area contributed by atoms with Gasteiger partial charge in [0.25, 0.3) is 0 Å². The Bertz CT molecular complexity index is 220.